The standard InChI is InChI=1S/C16H22Cl2N2O/c1-11(2)20(10-13-5-3-4-8-19-13)16(21)14-9-12(17)6-7-15(14)18/h6-7,9,11,13,19H,3-5,8,10H2,1-2H3. The van der Waals surface area contributed by atoms with Gasteiger partial charge in [0, 0.05) is 23.7 Å². The van der Waals surface area contributed by atoms with Gasteiger partial charge in [0.2, 0.25) is 0 Å². The summed E-state index contributed by atoms with van der Waals surface area (Å²) in [5.74, 6) is -0.0510. The lowest BCUT2D eigenvalue weighted by Crippen LogP contribution is -2.48. The van der Waals surface area contributed by atoms with Crippen LogP contribution in [0.3, 0.4) is 0 Å². The molecule has 0 radical (unpaired) electrons. The molecule has 1 fully saturated rings. The summed E-state index contributed by atoms with van der Waals surface area (Å²) < 4.78 is 0. The van der Waals surface area contributed by atoms with Gasteiger partial charge in [0.25, 0.3) is 5.91 Å². The van der Waals surface area contributed by atoms with Crippen molar-refractivity contribution in [2.75, 3.05) is 13.1 Å². The molecule has 1 aromatic rings. The lowest BCUT2D eigenvalue weighted by molar-refractivity contribution is 0.0677. The molecular formula is C16H22Cl2N2O. The van der Waals surface area contributed by atoms with E-state index in [0.29, 0.717) is 28.2 Å². The summed E-state index contributed by atoms with van der Waals surface area (Å²) in [5.41, 5.74) is 0.480. The van der Waals surface area contributed by atoms with Crippen molar-refractivity contribution in [3.63, 3.8) is 0 Å². The molecule has 2 rings (SSSR count). The molecular weight excluding hydrogens is 307 g/mol. The van der Waals surface area contributed by atoms with Crippen molar-refractivity contribution >= 4 is 29.1 Å². The van der Waals surface area contributed by atoms with Gasteiger partial charge < -0.3 is 10.2 Å². The average Bonchev–Trinajstić information content (AvgIpc) is 2.47. The highest BCUT2D eigenvalue weighted by molar-refractivity contribution is 6.35. The Bertz CT molecular complexity index is 499. The highest BCUT2D eigenvalue weighted by Crippen LogP contribution is 2.23. The van der Waals surface area contributed by atoms with Crippen LogP contribution in [0.2, 0.25) is 10.0 Å². The molecule has 1 aromatic carbocycles. The number of carbonyl (C=O) groups excluding carboxylic acids is 1. The minimum Gasteiger partial charge on any atom is -0.335 e. The van der Waals surface area contributed by atoms with Crippen molar-refractivity contribution in [1.29, 1.82) is 0 Å². The minimum atomic E-state index is -0.0510. The van der Waals surface area contributed by atoms with Gasteiger partial charge in [-0.1, -0.05) is 29.6 Å². The van der Waals surface area contributed by atoms with Crippen molar-refractivity contribution in [2.45, 2.75) is 45.2 Å². The summed E-state index contributed by atoms with van der Waals surface area (Å²) >= 11 is 12.2. The maximum absolute atomic E-state index is 12.8. The van der Waals surface area contributed by atoms with Gasteiger partial charge in [-0.3, -0.25) is 4.79 Å². The molecule has 1 amide bonds. The molecule has 1 N–H and O–H groups in total. The fraction of sp³-hybridized carbons (Fsp3) is 0.562. The van der Waals surface area contributed by atoms with E-state index in [0.717, 1.165) is 13.0 Å². The first-order chi connectivity index (χ1) is 9.99. The zero-order valence-corrected chi connectivity index (χ0v) is 14.0. The number of piperidine rings is 1. The van der Waals surface area contributed by atoms with Crippen LogP contribution in [-0.4, -0.2) is 36.0 Å². The monoisotopic (exact) mass is 328 g/mol. The number of benzene rings is 1. The van der Waals surface area contributed by atoms with E-state index in [1.165, 1.54) is 12.8 Å². The Balaban J connectivity index is 2.16. The van der Waals surface area contributed by atoms with Gasteiger partial charge in [-0.2, -0.15) is 0 Å². The third kappa shape index (κ3) is 4.35. The van der Waals surface area contributed by atoms with Crippen LogP contribution < -0.4 is 5.32 Å². The number of rotatable bonds is 4. The summed E-state index contributed by atoms with van der Waals surface area (Å²) in [6.45, 7) is 5.79. The van der Waals surface area contributed by atoms with E-state index in [4.69, 9.17) is 23.2 Å². The van der Waals surface area contributed by atoms with Crippen LogP contribution in [0, 0.1) is 0 Å². The van der Waals surface area contributed by atoms with Gasteiger partial charge in [0.05, 0.1) is 10.6 Å². The normalized spacial score (nSPS) is 18.8. The van der Waals surface area contributed by atoms with E-state index < -0.39 is 0 Å². The number of nitrogens with zero attached hydrogens (tertiary/aromatic N) is 1. The number of carbonyl (C=O) groups is 1. The van der Waals surface area contributed by atoms with E-state index in [1.807, 2.05) is 18.7 Å². The molecule has 0 spiro atoms. The highest BCUT2D eigenvalue weighted by Gasteiger charge is 2.25. The number of hydrogen-bond donors (Lipinski definition) is 1. The molecule has 116 valence electrons. The first-order valence-electron chi connectivity index (χ1n) is 7.48. The summed E-state index contributed by atoms with van der Waals surface area (Å²) in [6, 6.07) is 5.51. The van der Waals surface area contributed by atoms with E-state index >= 15 is 0 Å². The summed E-state index contributed by atoms with van der Waals surface area (Å²) in [7, 11) is 0. The molecule has 0 aromatic heterocycles. The zero-order valence-electron chi connectivity index (χ0n) is 12.5. The van der Waals surface area contributed by atoms with Gasteiger partial charge in [-0.05, 0) is 51.4 Å². The molecule has 21 heavy (non-hydrogen) atoms. The second-order valence-electron chi connectivity index (χ2n) is 5.82. The Hall–Kier alpha value is -0.770. The fourth-order valence-electron chi connectivity index (χ4n) is 2.66. The first-order valence-corrected chi connectivity index (χ1v) is 8.24. The Morgan fingerprint density at radius 1 is 1.38 bits per heavy atom. The summed E-state index contributed by atoms with van der Waals surface area (Å²) in [5, 5.41) is 4.46. The van der Waals surface area contributed by atoms with Crippen LogP contribution in [0.5, 0.6) is 0 Å². The lowest BCUT2D eigenvalue weighted by Gasteiger charge is -2.33. The second kappa shape index (κ2) is 7.48. The van der Waals surface area contributed by atoms with E-state index in [1.54, 1.807) is 18.2 Å². The highest BCUT2D eigenvalue weighted by atomic mass is 35.5. The first kappa shape index (κ1) is 16.6. The van der Waals surface area contributed by atoms with Crippen LogP contribution >= 0.6 is 23.2 Å². The number of nitrogens with one attached hydrogen (secondary N) is 1. The Labute approximate surface area is 136 Å². The van der Waals surface area contributed by atoms with E-state index in [-0.39, 0.29) is 11.9 Å². The zero-order chi connectivity index (χ0) is 15.4. The molecule has 0 bridgehead atoms. The molecule has 5 heteroatoms. The van der Waals surface area contributed by atoms with Crippen LogP contribution in [0.1, 0.15) is 43.5 Å². The van der Waals surface area contributed by atoms with Crippen molar-refractivity contribution in [3.05, 3.63) is 33.8 Å². The second-order valence-corrected chi connectivity index (χ2v) is 6.67. The van der Waals surface area contributed by atoms with Gasteiger partial charge in [-0.15, -0.1) is 0 Å². The van der Waals surface area contributed by atoms with E-state index in [2.05, 4.69) is 5.32 Å². The average molecular weight is 329 g/mol. The van der Waals surface area contributed by atoms with Crippen LogP contribution in [0.15, 0.2) is 18.2 Å². The molecule has 1 unspecified atom stereocenters. The van der Waals surface area contributed by atoms with Crippen molar-refractivity contribution < 1.29 is 4.79 Å². The van der Waals surface area contributed by atoms with Crippen molar-refractivity contribution in [3.8, 4) is 0 Å². The van der Waals surface area contributed by atoms with Crippen LogP contribution in [0.25, 0.3) is 0 Å². The minimum absolute atomic E-state index is 0.0510. The molecule has 0 saturated carbocycles. The Morgan fingerprint density at radius 3 is 2.76 bits per heavy atom. The van der Waals surface area contributed by atoms with Crippen LogP contribution in [-0.2, 0) is 0 Å². The smallest absolute Gasteiger partial charge is 0.255 e. The van der Waals surface area contributed by atoms with Crippen LogP contribution in [0.4, 0.5) is 0 Å². The molecule has 1 heterocycles. The largest absolute Gasteiger partial charge is 0.335 e. The third-order valence-corrected chi connectivity index (χ3v) is 4.44. The lowest BCUT2D eigenvalue weighted by atomic mass is 10.0. The van der Waals surface area contributed by atoms with E-state index in [9.17, 15) is 4.79 Å². The predicted molar refractivity (Wildman–Crippen MR) is 88.3 cm³/mol. The number of halogens is 2. The molecule has 3 nitrogen and oxygen atoms in total. The molecule has 1 aliphatic heterocycles. The molecule has 0 aliphatic carbocycles. The van der Waals surface area contributed by atoms with Gasteiger partial charge in [0.15, 0.2) is 0 Å². The molecule has 1 saturated heterocycles. The predicted octanol–water partition coefficient (Wildman–Crippen LogP) is 3.99. The Kier molecular flexibility index (Phi) is 5.91. The van der Waals surface area contributed by atoms with Gasteiger partial charge >= 0.3 is 0 Å². The SMILES string of the molecule is CC(C)N(CC1CCCCN1)C(=O)c1cc(Cl)ccc1Cl. The quantitative estimate of drug-likeness (QED) is 0.906. The Morgan fingerprint density at radius 2 is 2.14 bits per heavy atom. The maximum atomic E-state index is 12.8. The molecule has 1 atom stereocenters. The maximum Gasteiger partial charge on any atom is 0.255 e. The fourth-order valence-corrected chi connectivity index (χ4v) is 3.03. The van der Waals surface area contributed by atoms with Crippen molar-refractivity contribution in [1.82, 2.24) is 10.2 Å². The number of hydrogen-bond acceptors (Lipinski definition) is 2. The molecule has 1 aliphatic rings. The van der Waals surface area contributed by atoms with Gasteiger partial charge in [-0.25, -0.2) is 0 Å². The summed E-state index contributed by atoms with van der Waals surface area (Å²) in [6.07, 6.45) is 3.54. The topological polar surface area (TPSA) is 32.3 Å². The summed E-state index contributed by atoms with van der Waals surface area (Å²) in [4.78, 5) is 14.7. The third-order valence-electron chi connectivity index (χ3n) is 3.87. The van der Waals surface area contributed by atoms with Gasteiger partial charge in [0.1, 0.15) is 0 Å². The number of amides is 1. The van der Waals surface area contributed by atoms with Crippen molar-refractivity contribution in [2.24, 2.45) is 0 Å².